The fourth-order valence-corrected chi connectivity index (χ4v) is 5.86. The quantitative estimate of drug-likeness (QED) is 0.813. The van der Waals surface area contributed by atoms with Gasteiger partial charge in [0.1, 0.15) is 0 Å². The summed E-state index contributed by atoms with van der Waals surface area (Å²) in [4.78, 5) is 15.3. The Hall–Kier alpha value is -1.40. The third kappa shape index (κ3) is 5.35. The van der Waals surface area contributed by atoms with E-state index in [4.69, 9.17) is 0 Å². The van der Waals surface area contributed by atoms with E-state index in [1.165, 1.54) is 6.42 Å². The number of carbonyl (C=O) groups excluding carboxylic acids is 1. The minimum absolute atomic E-state index is 0.113. The zero-order valence-corrected chi connectivity index (χ0v) is 18.2. The Morgan fingerprint density at radius 1 is 1.04 bits per heavy atom. The van der Waals surface area contributed by atoms with Gasteiger partial charge in [0.15, 0.2) is 0 Å². The molecule has 0 spiro atoms. The van der Waals surface area contributed by atoms with Crippen molar-refractivity contribution in [2.45, 2.75) is 57.8 Å². The lowest BCUT2D eigenvalue weighted by molar-refractivity contribution is -0.139. The van der Waals surface area contributed by atoms with Crippen LogP contribution in [0.15, 0.2) is 29.2 Å². The summed E-state index contributed by atoms with van der Waals surface area (Å²) in [6.07, 6.45) is 4.76. The van der Waals surface area contributed by atoms with Crippen LogP contribution in [0.2, 0.25) is 0 Å². The van der Waals surface area contributed by atoms with Crippen molar-refractivity contribution in [2.75, 3.05) is 19.6 Å². The monoisotopic (exact) mass is 406 g/mol. The maximum absolute atomic E-state index is 12.9. The molecule has 2 fully saturated rings. The van der Waals surface area contributed by atoms with Crippen molar-refractivity contribution >= 4 is 15.9 Å². The summed E-state index contributed by atoms with van der Waals surface area (Å²) in [5.74, 6) is 1.91. The summed E-state index contributed by atoms with van der Waals surface area (Å²) >= 11 is 0. The smallest absolute Gasteiger partial charge is 0.240 e. The lowest BCUT2D eigenvalue weighted by Gasteiger charge is -2.38. The zero-order valence-electron chi connectivity index (χ0n) is 17.4. The molecule has 0 aromatic heterocycles. The Bertz CT molecular complexity index is 757. The third-order valence-electron chi connectivity index (χ3n) is 6.27. The van der Waals surface area contributed by atoms with E-state index >= 15 is 0 Å². The molecule has 1 aliphatic carbocycles. The first-order valence-electron chi connectivity index (χ1n) is 10.6. The third-order valence-corrected chi connectivity index (χ3v) is 7.71. The Kier molecular flexibility index (Phi) is 6.81. The molecule has 1 aliphatic heterocycles. The Balaban J connectivity index is 1.47. The first kappa shape index (κ1) is 21.3. The lowest BCUT2D eigenvalue weighted by atomic mass is 9.80. The van der Waals surface area contributed by atoms with E-state index in [1.54, 1.807) is 12.1 Å². The molecule has 1 aromatic carbocycles. The van der Waals surface area contributed by atoms with Crippen molar-refractivity contribution in [3.8, 4) is 0 Å². The number of hydrogen-bond donors (Lipinski definition) is 1. The molecular weight excluding hydrogens is 372 g/mol. The van der Waals surface area contributed by atoms with Crippen LogP contribution in [-0.4, -0.2) is 38.9 Å². The van der Waals surface area contributed by atoms with Crippen molar-refractivity contribution in [1.82, 2.24) is 9.62 Å². The van der Waals surface area contributed by atoms with Gasteiger partial charge in [-0.1, -0.05) is 31.5 Å². The first-order chi connectivity index (χ1) is 13.2. The standard InChI is InChI=1S/C22H34N2O3S/c1-16-4-10-21(11-5-16)28(26,27)23-13-19-6-8-20(9-7-19)22(25)24-14-17(2)12-18(3)15-24/h4-5,10-11,17-20,23H,6-9,12-15H2,1-3H3. The molecule has 2 unspecified atom stereocenters. The van der Waals surface area contributed by atoms with Gasteiger partial charge in [0.2, 0.25) is 15.9 Å². The van der Waals surface area contributed by atoms with E-state index in [2.05, 4.69) is 23.5 Å². The predicted molar refractivity (Wildman–Crippen MR) is 111 cm³/mol. The molecule has 5 nitrogen and oxygen atoms in total. The number of hydrogen-bond acceptors (Lipinski definition) is 3. The van der Waals surface area contributed by atoms with Crippen molar-refractivity contribution in [3.63, 3.8) is 0 Å². The summed E-state index contributed by atoms with van der Waals surface area (Å²) in [5, 5.41) is 0. The van der Waals surface area contributed by atoms with Gasteiger partial charge in [0, 0.05) is 25.6 Å². The number of amides is 1. The number of piperidine rings is 1. The molecule has 1 heterocycles. The van der Waals surface area contributed by atoms with Crippen LogP contribution < -0.4 is 4.72 Å². The zero-order chi connectivity index (χ0) is 20.3. The average molecular weight is 407 g/mol. The van der Waals surface area contributed by atoms with Gasteiger partial charge in [0.05, 0.1) is 4.90 Å². The van der Waals surface area contributed by atoms with Crippen molar-refractivity contribution < 1.29 is 13.2 Å². The second-order valence-corrected chi connectivity index (χ2v) is 10.8. The largest absolute Gasteiger partial charge is 0.342 e. The molecule has 1 amide bonds. The van der Waals surface area contributed by atoms with E-state index in [-0.39, 0.29) is 5.92 Å². The molecule has 1 saturated heterocycles. The second kappa shape index (κ2) is 8.95. The summed E-state index contributed by atoms with van der Waals surface area (Å²) in [7, 11) is -3.46. The minimum atomic E-state index is -3.46. The van der Waals surface area contributed by atoms with Gasteiger partial charge in [-0.2, -0.15) is 0 Å². The van der Waals surface area contributed by atoms with Crippen LogP contribution in [0.1, 0.15) is 51.5 Å². The topological polar surface area (TPSA) is 66.5 Å². The highest BCUT2D eigenvalue weighted by Gasteiger charge is 2.33. The number of sulfonamides is 1. The molecule has 1 saturated carbocycles. The highest BCUT2D eigenvalue weighted by atomic mass is 32.2. The van der Waals surface area contributed by atoms with Gasteiger partial charge >= 0.3 is 0 Å². The van der Waals surface area contributed by atoms with Crippen LogP contribution in [0, 0.1) is 30.6 Å². The molecule has 28 heavy (non-hydrogen) atoms. The van der Waals surface area contributed by atoms with Crippen LogP contribution in [0.5, 0.6) is 0 Å². The normalized spacial score (nSPS) is 28.9. The second-order valence-electron chi connectivity index (χ2n) is 9.07. The van der Waals surface area contributed by atoms with Crippen LogP contribution >= 0.6 is 0 Å². The molecule has 3 rings (SSSR count). The molecule has 2 atom stereocenters. The van der Waals surface area contributed by atoms with Crippen molar-refractivity contribution in [1.29, 1.82) is 0 Å². The Morgan fingerprint density at radius 2 is 1.61 bits per heavy atom. The number of aryl methyl sites for hydroxylation is 1. The van der Waals surface area contributed by atoms with Crippen LogP contribution in [-0.2, 0) is 14.8 Å². The van der Waals surface area contributed by atoms with E-state index in [1.807, 2.05) is 19.1 Å². The van der Waals surface area contributed by atoms with Gasteiger partial charge in [-0.25, -0.2) is 13.1 Å². The summed E-state index contributed by atoms with van der Waals surface area (Å²) in [6.45, 7) is 8.63. The fourth-order valence-electron chi connectivity index (χ4n) is 4.74. The van der Waals surface area contributed by atoms with Crippen LogP contribution in [0.25, 0.3) is 0 Å². The number of carbonyl (C=O) groups is 1. The van der Waals surface area contributed by atoms with Crippen molar-refractivity contribution in [3.05, 3.63) is 29.8 Å². The highest BCUT2D eigenvalue weighted by molar-refractivity contribution is 7.89. The Morgan fingerprint density at radius 3 is 2.18 bits per heavy atom. The summed E-state index contributed by atoms with van der Waals surface area (Å²) < 4.78 is 27.7. The summed E-state index contributed by atoms with van der Waals surface area (Å²) in [6, 6.07) is 6.92. The molecule has 6 heteroatoms. The fraction of sp³-hybridized carbons (Fsp3) is 0.682. The van der Waals surface area contributed by atoms with E-state index in [0.29, 0.717) is 35.1 Å². The molecule has 1 N–H and O–H groups in total. The molecule has 0 bridgehead atoms. The van der Waals surface area contributed by atoms with Crippen LogP contribution in [0.4, 0.5) is 0 Å². The molecule has 1 aromatic rings. The van der Waals surface area contributed by atoms with E-state index in [0.717, 1.165) is 44.3 Å². The average Bonchev–Trinajstić information content (AvgIpc) is 2.66. The Labute approximate surface area is 169 Å². The maximum atomic E-state index is 12.9. The van der Waals surface area contributed by atoms with Gasteiger partial charge in [0.25, 0.3) is 0 Å². The number of nitrogens with zero attached hydrogens (tertiary/aromatic N) is 1. The van der Waals surface area contributed by atoms with Gasteiger partial charge in [-0.05, 0) is 68.9 Å². The number of likely N-dealkylation sites (tertiary alicyclic amines) is 1. The van der Waals surface area contributed by atoms with Gasteiger partial charge < -0.3 is 4.90 Å². The van der Waals surface area contributed by atoms with Gasteiger partial charge in [-0.15, -0.1) is 0 Å². The SMILES string of the molecule is Cc1ccc(S(=O)(=O)NCC2CCC(C(=O)N3CC(C)CC(C)C3)CC2)cc1. The molecule has 156 valence electrons. The van der Waals surface area contributed by atoms with E-state index in [9.17, 15) is 13.2 Å². The van der Waals surface area contributed by atoms with E-state index < -0.39 is 10.0 Å². The minimum Gasteiger partial charge on any atom is -0.342 e. The lowest BCUT2D eigenvalue weighted by Crippen LogP contribution is -2.46. The molecular formula is C22H34N2O3S. The molecule has 2 aliphatic rings. The number of nitrogens with one attached hydrogen (secondary N) is 1. The summed E-state index contributed by atoms with van der Waals surface area (Å²) in [5.41, 5.74) is 1.04. The number of benzene rings is 1. The highest BCUT2D eigenvalue weighted by Crippen LogP contribution is 2.32. The van der Waals surface area contributed by atoms with Crippen LogP contribution in [0.3, 0.4) is 0 Å². The predicted octanol–water partition coefficient (Wildman–Crippen LogP) is 3.58. The molecule has 0 radical (unpaired) electrons. The first-order valence-corrected chi connectivity index (χ1v) is 12.1. The maximum Gasteiger partial charge on any atom is 0.240 e. The van der Waals surface area contributed by atoms with Crippen molar-refractivity contribution in [2.24, 2.45) is 23.7 Å². The number of rotatable bonds is 5. The van der Waals surface area contributed by atoms with Gasteiger partial charge in [-0.3, -0.25) is 4.79 Å².